The maximum atomic E-state index is 13.7. The summed E-state index contributed by atoms with van der Waals surface area (Å²) in [6.45, 7) is 3.66. The fraction of sp³-hybridized carbons (Fsp3) is 0.429. The number of hydrogen-bond donors (Lipinski definition) is 0. The number of hydrogen-bond acceptors (Lipinski definition) is 5. The average Bonchev–Trinajstić information content (AvgIpc) is 2.91. The first-order valence-corrected chi connectivity index (χ1v) is 6.70. The van der Waals surface area contributed by atoms with Crippen molar-refractivity contribution in [1.82, 2.24) is 15.0 Å². The number of aryl methyl sites for hydroxylation is 1. The van der Waals surface area contributed by atoms with Crippen molar-refractivity contribution in [2.75, 3.05) is 19.7 Å². The zero-order valence-electron chi connectivity index (χ0n) is 11.6. The summed E-state index contributed by atoms with van der Waals surface area (Å²) in [5.74, 6) is -0.666. The molecule has 0 unspecified atom stereocenters. The van der Waals surface area contributed by atoms with Gasteiger partial charge in [0.25, 0.3) is 0 Å². The van der Waals surface area contributed by atoms with Crippen LogP contribution >= 0.6 is 0 Å². The lowest BCUT2D eigenvalue weighted by molar-refractivity contribution is -0.0383. The van der Waals surface area contributed by atoms with Crippen LogP contribution < -0.4 is 0 Å². The van der Waals surface area contributed by atoms with Gasteiger partial charge in [0.1, 0.15) is 6.10 Å². The molecule has 0 radical (unpaired) electrons. The van der Waals surface area contributed by atoms with Crippen molar-refractivity contribution < 1.29 is 18.0 Å². The maximum absolute atomic E-state index is 13.7. The Morgan fingerprint density at radius 2 is 2.24 bits per heavy atom. The average molecular weight is 295 g/mol. The van der Waals surface area contributed by atoms with E-state index in [0.717, 1.165) is 6.07 Å². The van der Waals surface area contributed by atoms with E-state index in [2.05, 4.69) is 10.1 Å². The van der Waals surface area contributed by atoms with Crippen molar-refractivity contribution in [3.05, 3.63) is 47.1 Å². The van der Waals surface area contributed by atoms with Gasteiger partial charge in [-0.25, -0.2) is 8.78 Å². The van der Waals surface area contributed by atoms with Gasteiger partial charge in [-0.1, -0.05) is 17.3 Å². The molecular formula is C14H15F2N3O2. The van der Waals surface area contributed by atoms with Crippen molar-refractivity contribution in [3.63, 3.8) is 0 Å². The summed E-state index contributed by atoms with van der Waals surface area (Å²) < 4.78 is 37.5. The molecule has 1 saturated heterocycles. The highest BCUT2D eigenvalue weighted by atomic mass is 19.2. The van der Waals surface area contributed by atoms with Crippen LogP contribution in [-0.2, 0) is 11.3 Å². The van der Waals surface area contributed by atoms with E-state index in [0.29, 0.717) is 43.5 Å². The Hall–Kier alpha value is -1.86. The Bertz CT molecular complexity index is 632. The Balaban J connectivity index is 1.70. The molecule has 0 spiro atoms. The van der Waals surface area contributed by atoms with E-state index in [-0.39, 0.29) is 6.10 Å². The second-order valence-electron chi connectivity index (χ2n) is 4.98. The quantitative estimate of drug-likeness (QED) is 0.869. The zero-order chi connectivity index (χ0) is 14.8. The van der Waals surface area contributed by atoms with Gasteiger partial charge in [0.2, 0.25) is 11.7 Å². The van der Waals surface area contributed by atoms with Crippen LogP contribution in [0.1, 0.15) is 23.4 Å². The molecule has 7 heteroatoms. The van der Waals surface area contributed by atoms with E-state index in [4.69, 9.17) is 9.26 Å². The summed E-state index contributed by atoms with van der Waals surface area (Å²) in [6.07, 6.45) is -0.312. The summed E-state index contributed by atoms with van der Waals surface area (Å²) in [4.78, 5) is 6.13. The first-order chi connectivity index (χ1) is 10.1. The highest BCUT2D eigenvalue weighted by molar-refractivity contribution is 5.19. The van der Waals surface area contributed by atoms with Crippen molar-refractivity contribution in [2.24, 2.45) is 0 Å². The molecule has 2 heterocycles. The van der Waals surface area contributed by atoms with Crippen LogP contribution in [0.15, 0.2) is 22.7 Å². The van der Waals surface area contributed by atoms with Crippen LogP contribution in [0, 0.1) is 18.6 Å². The first kappa shape index (κ1) is 14.1. The lowest BCUT2D eigenvalue weighted by Gasteiger charge is -2.31. The van der Waals surface area contributed by atoms with Crippen molar-refractivity contribution in [1.29, 1.82) is 0 Å². The van der Waals surface area contributed by atoms with Gasteiger partial charge < -0.3 is 9.26 Å². The lowest BCUT2D eigenvalue weighted by atomic mass is 10.1. The van der Waals surface area contributed by atoms with Gasteiger partial charge in [0, 0.05) is 32.1 Å². The van der Waals surface area contributed by atoms with Gasteiger partial charge in [-0.2, -0.15) is 4.98 Å². The molecule has 21 heavy (non-hydrogen) atoms. The van der Waals surface area contributed by atoms with Crippen molar-refractivity contribution in [3.8, 4) is 0 Å². The number of nitrogens with zero attached hydrogens (tertiary/aromatic N) is 3. The van der Waals surface area contributed by atoms with E-state index in [9.17, 15) is 8.78 Å². The monoisotopic (exact) mass is 295 g/mol. The molecular weight excluding hydrogens is 280 g/mol. The third-order valence-corrected chi connectivity index (χ3v) is 3.41. The normalized spacial score (nSPS) is 19.9. The van der Waals surface area contributed by atoms with Gasteiger partial charge in [-0.15, -0.1) is 0 Å². The predicted molar refractivity (Wildman–Crippen MR) is 69.4 cm³/mol. The minimum atomic E-state index is -0.828. The molecule has 1 aliphatic rings. The van der Waals surface area contributed by atoms with E-state index >= 15 is 0 Å². The molecule has 0 aliphatic carbocycles. The van der Waals surface area contributed by atoms with Crippen molar-refractivity contribution >= 4 is 0 Å². The third kappa shape index (κ3) is 3.08. The third-order valence-electron chi connectivity index (χ3n) is 3.41. The molecule has 5 nitrogen and oxygen atoms in total. The van der Waals surface area contributed by atoms with Crippen LogP contribution in [0.5, 0.6) is 0 Å². The predicted octanol–water partition coefficient (Wildman–Crippen LogP) is 2.23. The largest absolute Gasteiger partial charge is 0.367 e. The zero-order valence-corrected chi connectivity index (χ0v) is 11.6. The molecule has 112 valence electrons. The minimum Gasteiger partial charge on any atom is -0.367 e. The molecule has 1 aromatic carbocycles. The summed E-state index contributed by atoms with van der Waals surface area (Å²) >= 11 is 0. The highest BCUT2D eigenvalue weighted by Gasteiger charge is 2.26. The number of halogens is 2. The van der Waals surface area contributed by atoms with Gasteiger partial charge in [-0.3, -0.25) is 4.90 Å². The van der Waals surface area contributed by atoms with Gasteiger partial charge in [-0.05, 0) is 6.07 Å². The van der Waals surface area contributed by atoms with Crippen molar-refractivity contribution in [2.45, 2.75) is 19.6 Å². The fourth-order valence-corrected chi connectivity index (χ4v) is 2.36. The van der Waals surface area contributed by atoms with E-state index < -0.39 is 11.6 Å². The topological polar surface area (TPSA) is 51.4 Å². The Labute approximate surface area is 120 Å². The van der Waals surface area contributed by atoms with Crippen LogP contribution in [0.2, 0.25) is 0 Å². The molecule has 1 aliphatic heterocycles. The number of ether oxygens (including phenoxy) is 1. The highest BCUT2D eigenvalue weighted by Crippen LogP contribution is 2.22. The maximum Gasteiger partial charge on any atom is 0.223 e. The number of morpholine rings is 1. The van der Waals surface area contributed by atoms with Gasteiger partial charge >= 0.3 is 0 Å². The number of benzene rings is 1. The molecule has 2 aromatic rings. The van der Waals surface area contributed by atoms with Gasteiger partial charge in [0.15, 0.2) is 11.6 Å². The molecule has 0 bridgehead atoms. The summed E-state index contributed by atoms with van der Waals surface area (Å²) in [7, 11) is 0. The Morgan fingerprint density at radius 1 is 1.38 bits per heavy atom. The first-order valence-electron chi connectivity index (χ1n) is 6.70. The van der Waals surface area contributed by atoms with Gasteiger partial charge in [0.05, 0.1) is 6.61 Å². The summed E-state index contributed by atoms with van der Waals surface area (Å²) in [6, 6.07) is 4.21. The molecule has 0 N–H and O–H groups in total. The molecule has 1 aromatic heterocycles. The second-order valence-corrected chi connectivity index (χ2v) is 4.98. The number of aromatic nitrogens is 2. The second kappa shape index (κ2) is 5.87. The standard InChI is InChI=1S/C14H15F2N3O2/c1-9-17-14(18-21-9)12-8-19(5-6-20-12)7-10-3-2-4-11(15)13(10)16/h2-4,12H,5-8H2,1H3/t12-/m0/s1. The molecule has 0 saturated carbocycles. The van der Waals surface area contributed by atoms with Crippen LogP contribution in [0.25, 0.3) is 0 Å². The SMILES string of the molecule is Cc1nc([C@@H]2CN(Cc3cccc(F)c3F)CCO2)no1. The minimum absolute atomic E-state index is 0.312. The number of rotatable bonds is 3. The molecule has 1 fully saturated rings. The Morgan fingerprint density at radius 3 is 3.00 bits per heavy atom. The fourth-order valence-electron chi connectivity index (χ4n) is 2.36. The van der Waals surface area contributed by atoms with Crippen LogP contribution in [0.4, 0.5) is 8.78 Å². The van der Waals surface area contributed by atoms with E-state index in [1.807, 2.05) is 4.90 Å². The summed E-state index contributed by atoms with van der Waals surface area (Å²) in [5.41, 5.74) is 0.333. The lowest BCUT2D eigenvalue weighted by Crippen LogP contribution is -2.38. The smallest absolute Gasteiger partial charge is 0.223 e. The van der Waals surface area contributed by atoms with Crippen LogP contribution in [-0.4, -0.2) is 34.7 Å². The van der Waals surface area contributed by atoms with E-state index in [1.54, 1.807) is 13.0 Å². The molecule has 0 amide bonds. The van der Waals surface area contributed by atoms with Crippen LogP contribution in [0.3, 0.4) is 0 Å². The molecule has 1 atom stereocenters. The van der Waals surface area contributed by atoms with E-state index in [1.165, 1.54) is 6.07 Å². The summed E-state index contributed by atoms with van der Waals surface area (Å²) in [5, 5.41) is 3.84. The Kier molecular flexibility index (Phi) is 3.94. The molecule has 3 rings (SSSR count).